The molecule has 5 heteroatoms. The Morgan fingerprint density at radius 2 is 1.68 bits per heavy atom. The van der Waals surface area contributed by atoms with Crippen LogP contribution < -0.4 is 14.8 Å². The first-order chi connectivity index (χ1) is 8.83. The monoisotopic (exact) mass is 393 g/mol. The maximum Gasteiger partial charge on any atom is 0.134 e. The van der Waals surface area contributed by atoms with Gasteiger partial charge in [0.05, 0.1) is 22.7 Å². The van der Waals surface area contributed by atoms with Crippen molar-refractivity contribution in [2.75, 3.05) is 20.3 Å². The molecule has 0 aliphatic carbocycles. The first-order valence-electron chi connectivity index (χ1n) is 6.24. The Balaban J connectivity index is 2.44. The van der Waals surface area contributed by atoms with Crippen LogP contribution in [0.15, 0.2) is 21.1 Å². The molecule has 0 saturated heterocycles. The van der Waals surface area contributed by atoms with E-state index in [4.69, 9.17) is 9.47 Å². The van der Waals surface area contributed by atoms with Crippen molar-refractivity contribution >= 4 is 31.9 Å². The summed E-state index contributed by atoms with van der Waals surface area (Å²) >= 11 is 6.93. The largest absolute Gasteiger partial charge is 0.496 e. The molecule has 19 heavy (non-hydrogen) atoms. The molecule has 0 bridgehead atoms. The molecule has 0 amide bonds. The first kappa shape index (κ1) is 16.8. The Hall–Kier alpha value is -0.260. The Labute approximate surface area is 132 Å². The highest BCUT2D eigenvalue weighted by Gasteiger charge is 2.09. The van der Waals surface area contributed by atoms with Gasteiger partial charge in [-0.05, 0) is 77.7 Å². The van der Waals surface area contributed by atoms with Gasteiger partial charge >= 0.3 is 0 Å². The molecule has 1 rings (SSSR count). The Kier molecular flexibility index (Phi) is 6.63. The van der Waals surface area contributed by atoms with Crippen LogP contribution in [-0.4, -0.2) is 25.8 Å². The first-order valence-corrected chi connectivity index (χ1v) is 7.83. The molecule has 0 unspecified atom stereocenters. The zero-order valence-corrected chi connectivity index (χ0v) is 15.0. The summed E-state index contributed by atoms with van der Waals surface area (Å²) in [6.45, 7) is 8.10. The van der Waals surface area contributed by atoms with Gasteiger partial charge in [0.25, 0.3) is 0 Å². The maximum atomic E-state index is 5.76. The van der Waals surface area contributed by atoms with E-state index in [1.54, 1.807) is 7.11 Å². The summed E-state index contributed by atoms with van der Waals surface area (Å²) in [5.41, 5.74) is 0.156. The topological polar surface area (TPSA) is 30.5 Å². The highest BCUT2D eigenvalue weighted by molar-refractivity contribution is 9.11. The molecular weight excluding hydrogens is 374 g/mol. The second-order valence-corrected chi connectivity index (χ2v) is 7.00. The quantitative estimate of drug-likeness (QED) is 0.726. The molecule has 1 aromatic rings. The summed E-state index contributed by atoms with van der Waals surface area (Å²) in [4.78, 5) is 0. The molecule has 0 atom stereocenters. The predicted octanol–water partition coefficient (Wildman–Crippen LogP) is 4.38. The molecule has 3 nitrogen and oxygen atoms in total. The van der Waals surface area contributed by atoms with Crippen molar-refractivity contribution < 1.29 is 9.47 Å². The lowest BCUT2D eigenvalue weighted by Gasteiger charge is -2.20. The predicted molar refractivity (Wildman–Crippen MR) is 86.3 cm³/mol. The fourth-order valence-corrected chi connectivity index (χ4v) is 2.42. The molecule has 0 heterocycles. The summed E-state index contributed by atoms with van der Waals surface area (Å²) in [5, 5.41) is 3.43. The second kappa shape index (κ2) is 7.50. The summed E-state index contributed by atoms with van der Waals surface area (Å²) in [5.74, 6) is 1.61. The van der Waals surface area contributed by atoms with E-state index in [9.17, 15) is 0 Å². The number of rotatable bonds is 6. The van der Waals surface area contributed by atoms with E-state index in [-0.39, 0.29) is 5.54 Å². The van der Waals surface area contributed by atoms with Gasteiger partial charge in [0, 0.05) is 5.54 Å². The van der Waals surface area contributed by atoms with E-state index in [1.807, 2.05) is 12.1 Å². The van der Waals surface area contributed by atoms with Crippen LogP contribution in [0.4, 0.5) is 0 Å². The normalized spacial score (nSPS) is 11.5. The van der Waals surface area contributed by atoms with Crippen molar-refractivity contribution in [3.63, 3.8) is 0 Å². The lowest BCUT2D eigenvalue weighted by atomic mass is 10.1. The van der Waals surface area contributed by atoms with Crippen LogP contribution in [0, 0.1) is 0 Å². The van der Waals surface area contributed by atoms with Crippen LogP contribution in [0.5, 0.6) is 11.5 Å². The third kappa shape index (κ3) is 6.15. The molecule has 108 valence electrons. The van der Waals surface area contributed by atoms with Crippen LogP contribution in [-0.2, 0) is 0 Å². The van der Waals surface area contributed by atoms with E-state index in [0.29, 0.717) is 6.61 Å². The van der Waals surface area contributed by atoms with Gasteiger partial charge in [-0.2, -0.15) is 0 Å². The minimum atomic E-state index is 0.156. The van der Waals surface area contributed by atoms with E-state index in [2.05, 4.69) is 57.9 Å². The zero-order chi connectivity index (χ0) is 14.5. The van der Waals surface area contributed by atoms with Crippen molar-refractivity contribution in [3.8, 4) is 11.5 Å². The zero-order valence-electron chi connectivity index (χ0n) is 11.8. The van der Waals surface area contributed by atoms with Crippen molar-refractivity contribution in [2.24, 2.45) is 0 Å². The van der Waals surface area contributed by atoms with Gasteiger partial charge < -0.3 is 14.8 Å². The molecule has 0 aliphatic rings. The third-order valence-electron chi connectivity index (χ3n) is 2.44. The molecule has 0 aromatic heterocycles. The number of nitrogens with one attached hydrogen (secondary N) is 1. The number of halogens is 2. The van der Waals surface area contributed by atoms with E-state index in [1.165, 1.54) is 0 Å². The summed E-state index contributed by atoms with van der Waals surface area (Å²) < 4.78 is 12.8. The van der Waals surface area contributed by atoms with Gasteiger partial charge in [0.2, 0.25) is 0 Å². The average molecular weight is 395 g/mol. The fraction of sp³-hybridized carbons (Fsp3) is 0.571. The highest BCUT2D eigenvalue weighted by Crippen LogP contribution is 2.35. The smallest absolute Gasteiger partial charge is 0.134 e. The van der Waals surface area contributed by atoms with Gasteiger partial charge in [-0.3, -0.25) is 0 Å². The van der Waals surface area contributed by atoms with Crippen LogP contribution >= 0.6 is 31.9 Å². The molecule has 0 aliphatic heterocycles. The Morgan fingerprint density at radius 3 is 2.26 bits per heavy atom. The SMILES string of the molecule is COc1cc(Br)c(OCCCNC(C)(C)C)cc1Br. The van der Waals surface area contributed by atoms with E-state index >= 15 is 0 Å². The molecule has 0 spiro atoms. The summed E-state index contributed by atoms with van der Waals surface area (Å²) in [6, 6.07) is 3.81. The molecule has 1 aromatic carbocycles. The van der Waals surface area contributed by atoms with Crippen molar-refractivity contribution in [1.29, 1.82) is 0 Å². The van der Waals surface area contributed by atoms with Crippen molar-refractivity contribution in [2.45, 2.75) is 32.7 Å². The number of benzene rings is 1. The van der Waals surface area contributed by atoms with Crippen LogP contribution in [0.25, 0.3) is 0 Å². The second-order valence-electron chi connectivity index (χ2n) is 5.30. The van der Waals surface area contributed by atoms with Gasteiger partial charge in [-0.25, -0.2) is 0 Å². The number of hydrogen-bond acceptors (Lipinski definition) is 3. The van der Waals surface area contributed by atoms with Crippen LogP contribution in [0.1, 0.15) is 27.2 Å². The number of hydrogen-bond donors (Lipinski definition) is 1. The number of methoxy groups -OCH3 is 1. The Morgan fingerprint density at radius 1 is 1.11 bits per heavy atom. The van der Waals surface area contributed by atoms with Gasteiger partial charge in [-0.15, -0.1) is 0 Å². The number of ether oxygens (including phenoxy) is 2. The fourth-order valence-electron chi connectivity index (χ4n) is 1.50. The average Bonchev–Trinajstić information content (AvgIpc) is 2.31. The van der Waals surface area contributed by atoms with E-state index in [0.717, 1.165) is 33.4 Å². The molecular formula is C14H21Br2NO2. The minimum absolute atomic E-state index is 0.156. The van der Waals surface area contributed by atoms with Crippen molar-refractivity contribution in [1.82, 2.24) is 5.32 Å². The van der Waals surface area contributed by atoms with Gasteiger partial charge in [0.15, 0.2) is 0 Å². The highest BCUT2D eigenvalue weighted by atomic mass is 79.9. The van der Waals surface area contributed by atoms with Gasteiger partial charge in [-0.1, -0.05) is 0 Å². The summed E-state index contributed by atoms with van der Waals surface area (Å²) in [6.07, 6.45) is 0.966. The van der Waals surface area contributed by atoms with Gasteiger partial charge in [0.1, 0.15) is 11.5 Å². The molecule has 0 radical (unpaired) electrons. The Bertz CT molecular complexity index is 417. The minimum Gasteiger partial charge on any atom is -0.496 e. The van der Waals surface area contributed by atoms with Crippen LogP contribution in [0.3, 0.4) is 0 Å². The van der Waals surface area contributed by atoms with Crippen LogP contribution in [0.2, 0.25) is 0 Å². The standard InChI is InChI=1S/C14H21Br2NO2/c1-14(2,3)17-6-5-7-19-13-9-10(15)12(18-4)8-11(13)16/h8-9,17H,5-7H2,1-4H3. The maximum absolute atomic E-state index is 5.76. The lowest BCUT2D eigenvalue weighted by Crippen LogP contribution is -2.36. The lowest BCUT2D eigenvalue weighted by molar-refractivity contribution is 0.296. The molecule has 0 fully saturated rings. The molecule has 1 N–H and O–H groups in total. The van der Waals surface area contributed by atoms with E-state index < -0.39 is 0 Å². The summed E-state index contributed by atoms with van der Waals surface area (Å²) in [7, 11) is 1.64. The third-order valence-corrected chi connectivity index (χ3v) is 3.68. The van der Waals surface area contributed by atoms with Crippen molar-refractivity contribution in [3.05, 3.63) is 21.1 Å². The molecule has 0 saturated carbocycles.